The number of aryl methyl sites for hydroxylation is 1. The average molecular weight is 265 g/mol. The van der Waals surface area contributed by atoms with Gasteiger partial charge < -0.3 is 14.6 Å². The van der Waals surface area contributed by atoms with Crippen LogP contribution in [0.3, 0.4) is 0 Å². The SMILES string of the molecule is Cc1c(CC(=O)NCC2CCCO2)ncn(C)c1=O. The normalized spacial score (nSPS) is 18.5. The Labute approximate surface area is 111 Å². The lowest BCUT2D eigenvalue weighted by atomic mass is 10.2. The first-order valence-electron chi connectivity index (χ1n) is 6.47. The Morgan fingerprint density at radius 2 is 2.42 bits per heavy atom. The highest BCUT2D eigenvalue weighted by Gasteiger charge is 2.17. The smallest absolute Gasteiger partial charge is 0.256 e. The van der Waals surface area contributed by atoms with Gasteiger partial charge in [-0.15, -0.1) is 0 Å². The largest absolute Gasteiger partial charge is 0.376 e. The van der Waals surface area contributed by atoms with Crippen molar-refractivity contribution >= 4 is 5.91 Å². The maximum atomic E-state index is 11.8. The number of hydrogen-bond acceptors (Lipinski definition) is 4. The molecule has 2 rings (SSSR count). The first-order valence-corrected chi connectivity index (χ1v) is 6.47. The van der Waals surface area contributed by atoms with Crippen LogP contribution in [-0.4, -0.2) is 34.7 Å². The lowest BCUT2D eigenvalue weighted by Gasteiger charge is -2.11. The summed E-state index contributed by atoms with van der Waals surface area (Å²) in [5, 5.41) is 2.82. The van der Waals surface area contributed by atoms with E-state index >= 15 is 0 Å². The number of rotatable bonds is 4. The minimum Gasteiger partial charge on any atom is -0.376 e. The Morgan fingerprint density at radius 3 is 3.11 bits per heavy atom. The molecule has 1 aromatic rings. The summed E-state index contributed by atoms with van der Waals surface area (Å²) in [5.74, 6) is -0.126. The van der Waals surface area contributed by atoms with Gasteiger partial charge in [0.2, 0.25) is 5.91 Å². The van der Waals surface area contributed by atoms with E-state index in [1.165, 1.54) is 10.9 Å². The van der Waals surface area contributed by atoms with Gasteiger partial charge in [-0.1, -0.05) is 0 Å². The van der Waals surface area contributed by atoms with Crippen LogP contribution < -0.4 is 10.9 Å². The quantitative estimate of drug-likeness (QED) is 0.827. The molecule has 6 nitrogen and oxygen atoms in total. The van der Waals surface area contributed by atoms with Gasteiger partial charge in [0.05, 0.1) is 24.5 Å². The lowest BCUT2D eigenvalue weighted by Crippen LogP contribution is -2.34. The molecule has 0 aromatic carbocycles. The molecule has 0 aliphatic carbocycles. The Morgan fingerprint density at radius 1 is 1.63 bits per heavy atom. The van der Waals surface area contributed by atoms with Gasteiger partial charge in [0.15, 0.2) is 0 Å². The molecular weight excluding hydrogens is 246 g/mol. The highest BCUT2D eigenvalue weighted by Crippen LogP contribution is 2.10. The van der Waals surface area contributed by atoms with Crippen LogP contribution >= 0.6 is 0 Å². The Balaban J connectivity index is 1.91. The van der Waals surface area contributed by atoms with E-state index < -0.39 is 0 Å². The van der Waals surface area contributed by atoms with E-state index in [2.05, 4.69) is 10.3 Å². The molecule has 1 unspecified atom stereocenters. The third-order valence-corrected chi connectivity index (χ3v) is 3.34. The van der Waals surface area contributed by atoms with Crippen LogP contribution in [0, 0.1) is 6.92 Å². The molecule has 0 spiro atoms. The zero-order chi connectivity index (χ0) is 13.8. The van der Waals surface area contributed by atoms with Crippen LogP contribution in [0.5, 0.6) is 0 Å². The number of amides is 1. The summed E-state index contributed by atoms with van der Waals surface area (Å²) in [5.41, 5.74) is 0.946. The second-order valence-electron chi connectivity index (χ2n) is 4.85. The molecule has 1 N–H and O–H groups in total. The monoisotopic (exact) mass is 265 g/mol. The van der Waals surface area contributed by atoms with Crippen LogP contribution in [0.2, 0.25) is 0 Å². The van der Waals surface area contributed by atoms with E-state index in [1.807, 2.05) is 0 Å². The van der Waals surface area contributed by atoms with Gasteiger partial charge >= 0.3 is 0 Å². The molecule has 1 fully saturated rings. The standard InChI is InChI=1S/C13H19N3O3/c1-9-11(15-8-16(2)13(9)18)6-12(17)14-7-10-4-3-5-19-10/h8,10H,3-7H2,1-2H3,(H,14,17). The van der Waals surface area contributed by atoms with Crippen LogP contribution in [-0.2, 0) is 23.0 Å². The molecule has 1 atom stereocenters. The minimum absolute atomic E-state index is 0.114. The van der Waals surface area contributed by atoms with Crippen molar-refractivity contribution in [3.63, 3.8) is 0 Å². The Bertz CT molecular complexity index is 518. The maximum absolute atomic E-state index is 11.8. The average Bonchev–Trinajstić information content (AvgIpc) is 2.90. The number of aromatic nitrogens is 2. The van der Waals surface area contributed by atoms with Crippen molar-refractivity contribution < 1.29 is 9.53 Å². The molecule has 104 valence electrons. The van der Waals surface area contributed by atoms with Gasteiger partial charge in [-0.05, 0) is 19.8 Å². The zero-order valence-corrected chi connectivity index (χ0v) is 11.3. The van der Waals surface area contributed by atoms with Gasteiger partial charge in [0.25, 0.3) is 5.56 Å². The highest BCUT2D eigenvalue weighted by molar-refractivity contribution is 5.78. The van der Waals surface area contributed by atoms with E-state index in [4.69, 9.17) is 4.74 Å². The van der Waals surface area contributed by atoms with Crippen LogP contribution in [0.25, 0.3) is 0 Å². The van der Waals surface area contributed by atoms with Crippen molar-refractivity contribution in [2.75, 3.05) is 13.2 Å². The number of nitrogens with zero attached hydrogens (tertiary/aromatic N) is 2. The Kier molecular flexibility index (Phi) is 4.31. The van der Waals surface area contributed by atoms with E-state index in [0.29, 0.717) is 17.8 Å². The predicted molar refractivity (Wildman–Crippen MR) is 69.9 cm³/mol. The van der Waals surface area contributed by atoms with E-state index in [9.17, 15) is 9.59 Å². The second kappa shape index (κ2) is 5.97. The third-order valence-electron chi connectivity index (χ3n) is 3.34. The fraction of sp³-hybridized carbons (Fsp3) is 0.615. The summed E-state index contributed by atoms with van der Waals surface area (Å²) in [6, 6.07) is 0. The first kappa shape index (κ1) is 13.7. The number of carbonyl (C=O) groups excluding carboxylic acids is 1. The molecule has 0 radical (unpaired) electrons. The molecule has 0 bridgehead atoms. The molecule has 1 aliphatic heterocycles. The van der Waals surface area contributed by atoms with Crippen molar-refractivity contribution in [3.05, 3.63) is 27.9 Å². The first-order chi connectivity index (χ1) is 9.08. The van der Waals surface area contributed by atoms with Crippen LogP contribution in [0.4, 0.5) is 0 Å². The summed E-state index contributed by atoms with van der Waals surface area (Å²) in [4.78, 5) is 27.6. The molecule has 0 saturated carbocycles. The molecule has 6 heteroatoms. The summed E-state index contributed by atoms with van der Waals surface area (Å²) in [7, 11) is 1.64. The fourth-order valence-corrected chi connectivity index (χ4v) is 2.12. The Hall–Kier alpha value is -1.69. The van der Waals surface area contributed by atoms with Gasteiger partial charge in [0.1, 0.15) is 0 Å². The van der Waals surface area contributed by atoms with Crippen molar-refractivity contribution in [3.8, 4) is 0 Å². The molecule has 2 heterocycles. The highest BCUT2D eigenvalue weighted by atomic mass is 16.5. The van der Waals surface area contributed by atoms with Crippen molar-refractivity contribution in [1.82, 2.24) is 14.9 Å². The third kappa shape index (κ3) is 3.41. The van der Waals surface area contributed by atoms with Gasteiger partial charge in [0, 0.05) is 25.8 Å². The summed E-state index contributed by atoms with van der Waals surface area (Å²) >= 11 is 0. The molecule has 1 aromatic heterocycles. The molecule has 1 saturated heterocycles. The molecule has 1 aliphatic rings. The summed E-state index contributed by atoms with van der Waals surface area (Å²) in [6.45, 7) is 3.00. The van der Waals surface area contributed by atoms with Gasteiger partial charge in [-0.2, -0.15) is 0 Å². The van der Waals surface area contributed by atoms with Crippen molar-refractivity contribution in [1.29, 1.82) is 0 Å². The minimum atomic E-state index is -0.126. The second-order valence-corrected chi connectivity index (χ2v) is 4.85. The molecule has 1 amide bonds. The summed E-state index contributed by atoms with van der Waals surface area (Å²) in [6.07, 6.45) is 3.74. The molecular formula is C13H19N3O3. The van der Waals surface area contributed by atoms with Crippen LogP contribution in [0.1, 0.15) is 24.1 Å². The number of carbonyl (C=O) groups is 1. The zero-order valence-electron chi connectivity index (χ0n) is 11.3. The topological polar surface area (TPSA) is 73.2 Å². The van der Waals surface area contributed by atoms with Crippen molar-refractivity contribution in [2.24, 2.45) is 7.05 Å². The maximum Gasteiger partial charge on any atom is 0.256 e. The molecule has 19 heavy (non-hydrogen) atoms. The van der Waals surface area contributed by atoms with Crippen molar-refractivity contribution in [2.45, 2.75) is 32.3 Å². The fourth-order valence-electron chi connectivity index (χ4n) is 2.12. The summed E-state index contributed by atoms with van der Waals surface area (Å²) < 4.78 is 6.83. The number of ether oxygens (including phenoxy) is 1. The van der Waals surface area contributed by atoms with Gasteiger partial charge in [-0.25, -0.2) is 4.98 Å². The van der Waals surface area contributed by atoms with E-state index in [-0.39, 0.29) is 24.0 Å². The lowest BCUT2D eigenvalue weighted by molar-refractivity contribution is -0.121. The van der Waals surface area contributed by atoms with E-state index in [0.717, 1.165) is 19.4 Å². The van der Waals surface area contributed by atoms with E-state index in [1.54, 1.807) is 14.0 Å². The van der Waals surface area contributed by atoms with Crippen LogP contribution in [0.15, 0.2) is 11.1 Å². The van der Waals surface area contributed by atoms with Gasteiger partial charge in [-0.3, -0.25) is 9.59 Å². The predicted octanol–water partition coefficient (Wildman–Crippen LogP) is -0.0736. The number of hydrogen-bond donors (Lipinski definition) is 1. The number of nitrogens with one attached hydrogen (secondary N) is 1.